The summed E-state index contributed by atoms with van der Waals surface area (Å²) < 4.78 is 25.9. The Morgan fingerprint density at radius 1 is 1.31 bits per heavy atom. The molecule has 0 aromatic heterocycles. The molecule has 1 aromatic rings. The zero-order valence-electron chi connectivity index (χ0n) is 8.41. The van der Waals surface area contributed by atoms with Crippen LogP contribution in [0.3, 0.4) is 0 Å². The van der Waals surface area contributed by atoms with Crippen molar-refractivity contribution in [2.75, 3.05) is 0 Å². The molecule has 1 fully saturated rings. The first kappa shape index (κ1) is 11.0. The van der Waals surface area contributed by atoms with E-state index >= 15 is 0 Å². The smallest absolute Gasteiger partial charge is 0.325 e. The Morgan fingerprint density at radius 2 is 1.88 bits per heavy atom. The molecule has 3 nitrogen and oxygen atoms in total. The highest BCUT2D eigenvalue weighted by atomic mass is 19.1. The molecule has 16 heavy (non-hydrogen) atoms. The molecular formula is C11H11F2NO2. The largest absolute Gasteiger partial charge is 0.480 e. The lowest BCUT2D eigenvalue weighted by atomic mass is 10.1. The fraction of sp³-hybridized carbons (Fsp3) is 0.364. The lowest BCUT2D eigenvalue weighted by Gasteiger charge is -2.14. The van der Waals surface area contributed by atoms with Crippen molar-refractivity contribution in [1.82, 2.24) is 5.32 Å². The molecule has 2 N–H and O–H groups in total. The van der Waals surface area contributed by atoms with Gasteiger partial charge in [0.25, 0.3) is 0 Å². The number of carbonyl (C=O) groups is 1. The minimum atomic E-state index is -1.13. The summed E-state index contributed by atoms with van der Waals surface area (Å²) in [5, 5.41) is 11.8. The molecule has 0 saturated heterocycles. The van der Waals surface area contributed by atoms with Gasteiger partial charge in [-0.25, -0.2) is 8.78 Å². The summed E-state index contributed by atoms with van der Waals surface area (Å²) in [7, 11) is 0. The fourth-order valence-corrected chi connectivity index (χ4v) is 1.54. The Morgan fingerprint density at radius 3 is 2.31 bits per heavy atom. The molecule has 0 spiro atoms. The van der Waals surface area contributed by atoms with E-state index < -0.39 is 23.6 Å². The third-order valence-electron chi connectivity index (χ3n) is 2.44. The maximum absolute atomic E-state index is 12.9. The van der Waals surface area contributed by atoms with E-state index in [1.807, 2.05) is 0 Å². The first-order chi connectivity index (χ1) is 7.56. The summed E-state index contributed by atoms with van der Waals surface area (Å²) in [5.74, 6) is -2.66. The van der Waals surface area contributed by atoms with Crippen LogP contribution in [0.25, 0.3) is 0 Å². The monoisotopic (exact) mass is 227 g/mol. The predicted octanol–water partition coefficient (Wildman–Crippen LogP) is 1.84. The SMILES string of the molecule is O=C(O)C(NC1CC1)c1cc(F)cc(F)c1. The molecule has 1 aliphatic carbocycles. The van der Waals surface area contributed by atoms with Crippen LogP contribution in [0.1, 0.15) is 24.4 Å². The number of hydrogen-bond donors (Lipinski definition) is 2. The van der Waals surface area contributed by atoms with Gasteiger partial charge in [-0.15, -0.1) is 0 Å². The van der Waals surface area contributed by atoms with Crippen molar-refractivity contribution < 1.29 is 18.7 Å². The van der Waals surface area contributed by atoms with E-state index in [9.17, 15) is 13.6 Å². The quantitative estimate of drug-likeness (QED) is 0.825. The molecule has 86 valence electrons. The number of benzene rings is 1. The Kier molecular flexibility index (Phi) is 2.87. The summed E-state index contributed by atoms with van der Waals surface area (Å²) in [6.45, 7) is 0. The second kappa shape index (κ2) is 4.17. The first-order valence-corrected chi connectivity index (χ1v) is 5.01. The summed E-state index contributed by atoms with van der Waals surface area (Å²) in [5.41, 5.74) is 0.108. The van der Waals surface area contributed by atoms with Gasteiger partial charge in [0.15, 0.2) is 0 Å². The maximum atomic E-state index is 12.9. The minimum absolute atomic E-state index is 0.108. The van der Waals surface area contributed by atoms with Crippen molar-refractivity contribution in [2.45, 2.75) is 24.9 Å². The van der Waals surface area contributed by atoms with Crippen LogP contribution in [0, 0.1) is 11.6 Å². The van der Waals surface area contributed by atoms with Gasteiger partial charge in [-0.05, 0) is 30.5 Å². The Bertz CT molecular complexity index is 398. The van der Waals surface area contributed by atoms with Gasteiger partial charge in [-0.2, -0.15) is 0 Å². The highest BCUT2D eigenvalue weighted by Gasteiger charge is 2.29. The van der Waals surface area contributed by atoms with Crippen LogP contribution < -0.4 is 5.32 Å². The summed E-state index contributed by atoms with van der Waals surface area (Å²) >= 11 is 0. The first-order valence-electron chi connectivity index (χ1n) is 5.01. The van der Waals surface area contributed by atoms with Crippen LogP contribution in [-0.2, 0) is 4.79 Å². The molecule has 0 amide bonds. The molecule has 1 saturated carbocycles. The zero-order valence-corrected chi connectivity index (χ0v) is 8.41. The molecule has 1 aromatic carbocycles. The Labute approximate surface area is 91.1 Å². The van der Waals surface area contributed by atoms with Gasteiger partial charge in [0.2, 0.25) is 0 Å². The molecular weight excluding hydrogens is 216 g/mol. The number of rotatable bonds is 4. The van der Waals surface area contributed by atoms with Crippen LogP contribution in [-0.4, -0.2) is 17.1 Å². The molecule has 0 aliphatic heterocycles. The van der Waals surface area contributed by atoms with Crippen LogP contribution in [0.5, 0.6) is 0 Å². The molecule has 0 bridgehead atoms. The summed E-state index contributed by atoms with van der Waals surface area (Å²) in [6.07, 6.45) is 1.81. The van der Waals surface area contributed by atoms with E-state index in [-0.39, 0.29) is 11.6 Å². The van der Waals surface area contributed by atoms with Crippen molar-refractivity contribution in [3.63, 3.8) is 0 Å². The third-order valence-corrected chi connectivity index (χ3v) is 2.44. The van der Waals surface area contributed by atoms with Gasteiger partial charge in [0.1, 0.15) is 17.7 Å². The van der Waals surface area contributed by atoms with E-state index in [2.05, 4.69) is 5.32 Å². The normalized spacial score (nSPS) is 17.1. The highest BCUT2D eigenvalue weighted by Crippen LogP contribution is 2.25. The zero-order chi connectivity index (χ0) is 11.7. The average molecular weight is 227 g/mol. The van der Waals surface area contributed by atoms with Gasteiger partial charge in [0.05, 0.1) is 0 Å². The van der Waals surface area contributed by atoms with Crippen molar-refractivity contribution >= 4 is 5.97 Å². The van der Waals surface area contributed by atoms with Gasteiger partial charge in [0, 0.05) is 12.1 Å². The molecule has 1 atom stereocenters. The van der Waals surface area contributed by atoms with Crippen LogP contribution in [0.4, 0.5) is 8.78 Å². The second-order valence-electron chi connectivity index (χ2n) is 3.91. The average Bonchev–Trinajstić information content (AvgIpc) is 2.95. The summed E-state index contributed by atoms with van der Waals surface area (Å²) in [6, 6.07) is 1.90. The van der Waals surface area contributed by atoms with Gasteiger partial charge < -0.3 is 5.11 Å². The highest BCUT2D eigenvalue weighted by molar-refractivity contribution is 5.75. The lowest BCUT2D eigenvalue weighted by Crippen LogP contribution is -2.30. The van der Waals surface area contributed by atoms with Crippen molar-refractivity contribution in [1.29, 1.82) is 0 Å². The van der Waals surface area contributed by atoms with E-state index in [4.69, 9.17) is 5.11 Å². The Hall–Kier alpha value is -1.49. The number of carboxylic acids is 1. The van der Waals surface area contributed by atoms with E-state index in [1.165, 1.54) is 0 Å². The number of aliphatic carboxylic acids is 1. The molecule has 1 unspecified atom stereocenters. The standard InChI is InChI=1S/C11H11F2NO2/c12-7-3-6(4-8(13)5-7)10(11(15)16)14-9-1-2-9/h3-5,9-10,14H,1-2H2,(H,15,16). The number of halogens is 2. The minimum Gasteiger partial charge on any atom is -0.480 e. The molecule has 0 radical (unpaired) electrons. The van der Waals surface area contributed by atoms with Crippen molar-refractivity contribution in [3.05, 3.63) is 35.4 Å². The van der Waals surface area contributed by atoms with Crippen LogP contribution in [0.15, 0.2) is 18.2 Å². The van der Waals surface area contributed by atoms with Crippen LogP contribution in [0.2, 0.25) is 0 Å². The molecule has 0 heterocycles. The fourth-order valence-electron chi connectivity index (χ4n) is 1.54. The van der Waals surface area contributed by atoms with Gasteiger partial charge >= 0.3 is 5.97 Å². The molecule has 1 aliphatic rings. The number of hydrogen-bond acceptors (Lipinski definition) is 2. The molecule has 5 heteroatoms. The van der Waals surface area contributed by atoms with Gasteiger partial charge in [-0.1, -0.05) is 0 Å². The second-order valence-corrected chi connectivity index (χ2v) is 3.91. The topological polar surface area (TPSA) is 49.3 Å². The third kappa shape index (κ3) is 2.55. The van der Waals surface area contributed by atoms with E-state index in [0.29, 0.717) is 0 Å². The number of carboxylic acid groups (broad SMARTS) is 1. The van der Waals surface area contributed by atoms with E-state index in [1.54, 1.807) is 0 Å². The maximum Gasteiger partial charge on any atom is 0.325 e. The summed E-state index contributed by atoms with van der Waals surface area (Å²) in [4.78, 5) is 11.0. The lowest BCUT2D eigenvalue weighted by molar-refractivity contribution is -0.139. The predicted molar refractivity (Wildman–Crippen MR) is 52.9 cm³/mol. The van der Waals surface area contributed by atoms with Crippen LogP contribution >= 0.6 is 0 Å². The van der Waals surface area contributed by atoms with Crippen molar-refractivity contribution in [2.24, 2.45) is 0 Å². The number of nitrogens with one attached hydrogen (secondary N) is 1. The Balaban J connectivity index is 2.25. The van der Waals surface area contributed by atoms with Gasteiger partial charge in [-0.3, -0.25) is 10.1 Å². The molecule has 2 rings (SSSR count). The van der Waals surface area contributed by atoms with Crippen molar-refractivity contribution in [3.8, 4) is 0 Å². The van der Waals surface area contributed by atoms with E-state index in [0.717, 1.165) is 31.0 Å².